The van der Waals surface area contributed by atoms with Gasteiger partial charge >= 0.3 is 0 Å². The van der Waals surface area contributed by atoms with Crippen LogP contribution >= 0.6 is 0 Å². The molecule has 2 unspecified atom stereocenters. The number of fused-ring (bicyclic) bond motifs is 1. The Labute approximate surface area is 125 Å². The van der Waals surface area contributed by atoms with Crippen LogP contribution < -0.4 is 15.8 Å². The van der Waals surface area contributed by atoms with Crippen molar-refractivity contribution in [3.8, 4) is 5.75 Å². The molecule has 0 bridgehead atoms. The topological polar surface area (TPSA) is 68.9 Å². The molecule has 3 N–H and O–H groups in total. The molecule has 0 aliphatic carbocycles. The van der Waals surface area contributed by atoms with Crippen molar-refractivity contribution in [3.05, 3.63) is 29.8 Å². The number of benzene rings is 1. The second kappa shape index (κ2) is 6.80. The molecule has 1 aromatic carbocycles. The standard InChI is InChI=1S/C16H23N3O2/c17-16(18-9-7-12-4-3-10-20-12)19-14-8-11-21-15-6-2-1-5-13(14)15/h1-2,5-6,12,14H,3-4,7-11H2,(H3,17,18,19). The first-order chi connectivity index (χ1) is 10.3. The van der Waals surface area contributed by atoms with E-state index in [1.54, 1.807) is 0 Å². The van der Waals surface area contributed by atoms with Crippen LogP contribution in [0.5, 0.6) is 5.75 Å². The molecule has 1 fully saturated rings. The third-order valence-corrected chi connectivity index (χ3v) is 4.04. The van der Waals surface area contributed by atoms with Crippen molar-refractivity contribution in [1.29, 1.82) is 0 Å². The van der Waals surface area contributed by atoms with E-state index >= 15 is 0 Å². The van der Waals surface area contributed by atoms with Crippen molar-refractivity contribution >= 4 is 5.96 Å². The molecule has 0 saturated carbocycles. The quantitative estimate of drug-likeness (QED) is 0.657. The largest absolute Gasteiger partial charge is 0.493 e. The number of hydrogen-bond acceptors (Lipinski definition) is 3. The van der Waals surface area contributed by atoms with Crippen LogP contribution in [0.3, 0.4) is 0 Å². The molecule has 1 saturated heterocycles. The van der Waals surface area contributed by atoms with Crippen molar-refractivity contribution in [2.75, 3.05) is 19.8 Å². The van der Waals surface area contributed by atoms with Gasteiger partial charge in [-0.3, -0.25) is 4.99 Å². The third kappa shape index (κ3) is 3.67. The maximum atomic E-state index is 6.00. The highest BCUT2D eigenvalue weighted by Gasteiger charge is 2.21. The van der Waals surface area contributed by atoms with Crippen molar-refractivity contribution in [3.63, 3.8) is 0 Å². The van der Waals surface area contributed by atoms with Crippen LogP contribution in [-0.4, -0.2) is 31.8 Å². The van der Waals surface area contributed by atoms with E-state index in [0.29, 0.717) is 25.2 Å². The van der Waals surface area contributed by atoms with Gasteiger partial charge in [0.15, 0.2) is 5.96 Å². The number of hydrogen-bond donors (Lipinski definition) is 2. The lowest BCUT2D eigenvalue weighted by Gasteiger charge is -2.27. The molecular formula is C16H23N3O2. The molecule has 2 heterocycles. The van der Waals surface area contributed by atoms with Crippen molar-refractivity contribution < 1.29 is 9.47 Å². The SMILES string of the molecule is NC(=NCCC1CCCO1)NC1CCOc2ccccc21. The summed E-state index contributed by atoms with van der Waals surface area (Å²) in [6.45, 7) is 2.31. The zero-order chi connectivity index (χ0) is 14.5. The molecule has 2 aliphatic rings. The molecule has 0 aromatic heterocycles. The van der Waals surface area contributed by atoms with E-state index in [2.05, 4.69) is 16.4 Å². The Morgan fingerprint density at radius 1 is 1.29 bits per heavy atom. The highest BCUT2D eigenvalue weighted by molar-refractivity contribution is 5.78. The minimum Gasteiger partial charge on any atom is -0.493 e. The molecule has 21 heavy (non-hydrogen) atoms. The lowest BCUT2D eigenvalue weighted by Crippen LogP contribution is -2.37. The fourth-order valence-electron chi connectivity index (χ4n) is 2.92. The van der Waals surface area contributed by atoms with Crippen LogP contribution in [0.4, 0.5) is 0 Å². The lowest BCUT2D eigenvalue weighted by molar-refractivity contribution is 0.106. The average Bonchev–Trinajstić information content (AvgIpc) is 3.01. The van der Waals surface area contributed by atoms with Crippen LogP contribution in [0.15, 0.2) is 29.3 Å². The number of aliphatic imine (C=N–C) groups is 1. The van der Waals surface area contributed by atoms with Crippen LogP contribution in [-0.2, 0) is 4.74 Å². The van der Waals surface area contributed by atoms with Gasteiger partial charge in [-0.1, -0.05) is 18.2 Å². The van der Waals surface area contributed by atoms with Crippen LogP contribution in [0.1, 0.15) is 37.3 Å². The first kappa shape index (κ1) is 14.2. The Morgan fingerprint density at radius 2 is 2.19 bits per heavy atom. The van der Waals surface area contributed by atoms with Crippen molar-refractivity contribution in [2.45, 2.75) is 37.8 Å². The number of ether oxygens (including phenoxy) is 2. The molecule has 5 nitrogen and oxygen atoms in total. The van der Waals surface area contributed by atoms with E-state index in [4.69, 9.17) is 15.2 Å². The second-order valence-corrected chi connectivity index (χ2v) is 5.56. The van der Waals surface area contributed by atoms with Gasteiger partial charge in [0, 0.05) is 25.1 Å². The molecule has 5 heteroatoms. The van der Waals surface area contributed by atoms with Gasteiger partial charge in [-0.15, -0.1) is 0 Å². The molecule has 0 amide bonds. The number of nitrogens with two attached hydrogens (primary N) is 1. The molecule has 114 valence electrons. The Kier molecular flexibility index (Phi) is 4.60. The zero-order valence-corrected chi connectivity index (χ0v) is 12.3. The maximum Gasteiger partial charge on any atom is 0.189 e. The predicted octanol–water partition coefficient (Wildman–Crippen LogP) is 1.98. The summed E-state index contributed by atoms with van der Waals surface area (Å²) in [5.74, 6) is 1.45. The first-order valence-corrected chi connectivity index (χ1v) is 7.73. The van der Waals surface area contributed by atoms with Gasteiger partial charge in [-0.05, 0) is 25.3 Å². The van der Waals surface area contributed by atoms with E-state index in [9.17, 15) is 0 Å². The molecule has 0 spiro atoms. The highest BCUT2D eigenvalue weighted by atomic mass is 16.5. The van der Waals surface area contributed by atoms with Crippen molar-refractivity contribution in [1.82, 2.24) is 5.32 Å². The Balaban J connectivity index is 1.53. The fourth-order valence-corrected chi connectivity index (χ4v) is 2.92. The summed E-state index contributed by atoms with van der Waals surface area (Å²) >= 11 is 0. The van der Waals surface area contributed by atoms with E-state index in [1.165, 1.54) is 6.42 Å². The molecular weight excluding hydrogens is 266 g/mol. The summed E-state index contributed by atoms with van der Waals surface area (Å²) in [6.07, 6.45) is 4.54. The van der Waals surface area contributed by atoms with Gasteiger partial charge in [-0.25, -0.2) is 0 Å². The van der Waals surface area contributed by atoms with Gasteiger partial charge in [0.2, 0.25) is 0 Å². The predicted molar refractivity (Wildman–Crippen MR) is 82.5 cm³/mol. The fraction of sp³-hybridized carbons (Fsp3) is 0.562. The average molecular weight is 289 g/mol. The summed E-state index contributed by atoms with van der Waals surface area (Å²) in [6, 6.07) is 8.26. The van der Waals surface area contributed by atoms with Gasteiger partial charge in [0.05, 0.1) is 18.8 Å². The zero-order valence-electron chi connectivity index (χ0n) is 12.3. The smallest absolute Gasteiger partial charge is 0.189 e. The monoisotopic (exact) mass is 289 g/mol. The van der Waals surface area contributed by atoms with E-state index in [-0.39, 0.29) is 6.04 Å². The van der Waals surface area contributed by atoms with E-state index in [1.807, 2.05) is 18.2 Å². The summed E-state index contributed by atoms with van der Waals surface area (Å²) in [7, 11) is 0. The highest BCUT2D eigenvalue weighted by Crippen LogP contribution is 2.31. The minimum absolute atomic E-state index is 0.182. The minimum atomic E-state index is 0.182. The molecule has 1 aromatic rings. The number of para-hydroxylation sites is 1. The molecule has 0 radical (unpaired) electrons. The number of nitrogens with one attached hydrogen (secondary N) is 1. The number of guanidine groups is 1. The van der Waals surface area contributed by atoms with Crippen LogP contribution in [0, 0.1) is 0 Å². The van der Waals surface area contributed by atoms with Gasteiger partial charge in [-0.2, -0.15) is 0 Å². The van der Waals surface area contributed by atoms with Gasteiger partial charge < -0.3 is 20.5 Å². The second-order valence-electron chi connectivity index (χ2n) is 5.56. The Bertz CT molecular complexity index is 498. The van der Waals surface area contributed by atoms with E-state index in [0.717, 1.165) is 37.2 Å². The molecule has 3 rings (SSSR count). The normalized spacial score (nSPS) is 25.2. The maximum absolute atomic E-state index is 6.00. The van der Waals surface area contributed by atoms with Crippen LogP contribution in [0.25, 0.3) is 0 Å². The summed E-state index contributed by atoms with van der Waals surface area (Å²) in [4.78, 5) is 4.42. The van der Waals surface area contributed by atoms with Crippen molar-refractivity contribution in [2.24, 2.45) is 10.7 Å². The van der Waals surface area contributed by atoms with Crippen LogP contribution in [0.2, 0.25) is 0 Å². The summed E-state index contributed by atoms with van der Waals surface area (Å²) in [5.41, 5.74) is 7.16. The molecule has 2 atom stereocenters. The molecule has 2 aliphatic heterocycles. The van der Waals surface area contributed by atoms with E-state index < -0.39 is 0 Å². The Hall–Kier alpha value is -1.75. The van der Waals surface area contributed by atoms with Gasteiger partial charge in [0.25, 0.3) is 0 Å². The summed E-state index contributed by atoms with van der Waals surface area (Å²) in [5, 5.41) is 3.31. The first-order valence-electron chi connectivity index (χ1n) is 7.73. The third-order valence-electron chi connectivity index (χ3n) is 4.04. The number of rotatable bonds is 4. The van der Waals surface area contributed by atoms with Gasteiger partial charge in [0.1, 0.15) is 5.75 Å². The summed E-state index contributed by atoms with van der Waals surface area (Å²) < 4.78 is 11.2. The lowest BCUT2D eigenvalue weighted by atomic mass is 10.0. The number of nitrogens with zero attached hydrogens (tertiary/aromatic N) is 1. The Morgan fingerprint density at radius 3 is 3.05 bits per heavy atom.